The average molecular weight is 351 g/mol. The van der Waals surface area contributed by atoms with Gasteiger partial charge in [-0.15, -0.1) is 0 Å². The first-order chi connectivity index (χ1) is 11.1. The number of ketones is 1. The van der Waals surface area contributed by atoms with Crippen LogP contribution in [0.25, 0.3) is 0 Å². The summed E-state index contributed by atoms with van der Waals surface area (Å²) < 4.78 is 11.7. The van der Waals surface area contributed by atoms with Gasteiger partial charge >= 0.3 is 0 Å². The summed E-state index contributed by atoms with van der Waals surface area (Å²) in [6.07, 6.45) is 3.74. The van der Waals surface area contributed by atoms with Gasteiger partial charge < -0.3 is 9.16 Å². The third kappa shape index (κ3) is 5.74. The molecule has 0 amide bonds. The number of benzene rings is 1. The van der Waals surface area contributed by atoms with Crippen molar-refractivity contribution in [2.75, 3.05) is 7.11 Å². The minimum absolute atomic E-state index is 0.164. The van der Waals surface area contributed by atoms with Crippen LogP contribution in [0.1, 0.15) is 69.3 Å². The normalized spacial score (nSPS) is 12.3. The predicted octanol–water partition coefficient (Wildman–Crippen LogP) is 5.98. The van der Waals surface area contributed by atoms with Gasteiger partial charge in [-0.2, -0.15) is 0 Å². The molecule has 0 aliphatic carbocycles. The zero-order chi connectivity index (χ0) is 18.4. The second kappa shape index (κ2) is 8.81. The fourth-order valence-electron chi connectivity index (χ4n) is 2.21. The fraction of sp³-hybridized carbons (Fsp3) is 0.650. The molecule has 0 saturated carbocycles. The summed E-state index contributed by atoms with van der Waals surface area (Å²) in [6, 6.07) is 5.82. The highest BCUT2D eigenvalue weighted by Crippen LogP contribution is 2.37. The van der Waals surface area contributed by atoms with E-state index >= 15 is 0 Å². The van der Waals surface area contributed by atoms with Crippen LogP contribution in [0, 0.1) is 0 Å². The molecule has 0 heterocycles. The number of rotatable bonds is 9. The van der Waals surface area contributed by atoms with Crippen LogP contribution in [0.3, 0.4) is 0 Å². The molecule has 0 aliphatic rings. The van der Waals surface area contributed by atoms with E-state index in [1.807, 2.05) is 18.2 Å². The number of unbranched alkanes of at least 4 members (excludes halogenated alkanes) is 2. The van der Waals surface area contributed by atoms with Crippen LogP contribution in [0.2, 0.25) is 18.1 Å². The van der Waals surface area contributed by atoms with E-state index < -0.39 is 8.32 Å². The molecule has 3 nitrogen and oxygen atoms in total. The van der Waals surface area contributed by atoms with Gasteiger partial charge in [0.05, 0.1) is 19.3 Å². The molecule has 1 aromatic rings. The maximum atomic E-state index is 12.4. The Bertz CT molecular complexity index is 544. The van der Waals surface area contributed by atoms with Crippen molar-refractivity contribution in [2.45, 2.75) is 78.1 Å². The SMILES string of the molecule is CCCCCC(=O)c1ccc(CO[Si](C)(C)C(C)(C)C)cc1OC. The second-order valence-corrected chi connectivity index (χ2v) is 12.8. The first-order valence-electron chi connectivity index (χ1n) is 8.96. The highest BCUT2D eigenvalue weighted by atomic mass is 28.4. The summed E-state index contributed by atoms with van der Waals surface area (Å²) >= 11 is 0. The summed E-state index contributed by atoms with van der Waals surface area (Å²) in [7, 11) is -0.159. The van der Waals surface area contributed by atoms with E-state index in [9.17, 15) is 4.79 Å². The third-order valence-electron chi connectivity index (χ3n) is 4.98. The average Bonchev–Trinajstić information content (AvgIpc) is 2.51. The van der Waals surface area contributed by atoms with E-state index in [0.717, 1.165) is 24.8 Å². The molecule has 24 heavy (non-hydrogen) atoms. The van der Waals surface area contributed by atoms with Gasteiger partial charge in [0.1, 0.15) is 5.75 Å². The van der Waals surface area contributed by atoms with E-state index in [0.29, 0.717) is 24.3 Å². The molecule has 0 fully saturated rings. The van der Waals surface area contributed by atoms with Crippen LogP contribution < -0.4 is 4.74 Å². The highest BCUT2D eigenvalue weighted by Gasteiger charge is 2.37. The predicted molar refractivity (Wildman–Crippen MR) is 103 cm³/mol. The van der Waals surface area contributed by atoms with Crippen LogP contribution >= 0.6 is 0 Å². The van der Waals surface area contributed by atoms with E-state index in [-0.39, 0.29) is 10.8 Å². The number of Topliss-reactive ketones (excluding diaryl/α,β-unsaturated/α-hetero) is 1. The van der Waals surface area contributed by atoms with E-state index in [2.05, 4.69) is 40.8 Å². The molecule has 0 aliphatic heterocycles. The molecule has 0 unspecified atom stereocenters. The molecular weight excluding hydrogens is 316 g/mol. The van der Waals surface area contributed by atoms with Gasteiger partial charge in [-0.1, -0.05) is 46.6 Å². The summed E-state index contributed by atoms with van der Waals surface area (Å²) in [6.45, 7) is 13.9. The molecule has 1 aromatic carbocycles. The van der Waals surface area contributed by atoms with Gasteiger partial charge in [0.2, 0.25) is 0 Å². The number of carbonyl (C=O) groups is 1. The molecular formula is C20H34O3Si. The van der Waals surface area contributed by atoms with E-state index in [1.165, 1.54) is 0 Å². The number of hydrogen-bond acceptors (Lipinski definition) is 3. The molecule has 136 valence electrons. The smallest absolute Gasteiger partial charge is 0.192 e. The Morgan fingerprint density at radius 2 is 1.83 bits per heavy atom. The number of ether oxygens (including phenoxy) is 1. The standard InChI is InChI=1S/C20H34O3Si/c1-8-9-10-11-18(21)17-13-12-16(14-19(17)22-5)15-23-24(6,7)20(2,3)4/h12-14H,8-11,15H2,1-7H3. The van der Waals surface area contributed by atoms with Crippen molar-refractivity contribution in [1.29, 1.82) is 0 Å². The van der Waals surface area contributed by atoms with Crippen LogP contribution in [-0.2, 0) is 11.0 Å². The van der Waals surface area contributed by atoms with Crippen molar-refractivity contribution in [3.05, 3.63) is 29.3 Å². The van der Waals surface area contributed by atoms with Crippen molar-refractivity contribution in [1.82, 2.24) is 0 Å². The van der Waals surface area contributed by atoms with Crippen molar-refractivity contribution < 1.29 is 14.0 Å². The quantitative estimate of drug-likeness (QED) is 0.312. The fourth-order valence-corrected chi connectivity index (χ4v) is 3.17. The van der Waals surface area contributed by atoms with Gasteiger partial charge in [0.25, 0.3) is 0 Å². The van der Waals surface area contributed by atoms with Crippen LogP contribution in [0.4, 0.5) is 0 Å². The maximum Gasteiger partial charge on any atom is 0.192 e. The Hall–Kier alpha value is -1.13. The third-order valence-corrected chi connectivity index (χ3v) is 9.46. The first-order valence-corrected chi connectivity index (χ1v) is 11.9. The van der Waals surface area contributed by atoms with Crippen molar-refractivity contribution in [3.8, 4) is 5.75 Å². The molecule has 0 aromatic heterocycles. The van der Waals surface area contributed by atoms with Crippen molar-refractivity contribution in [2.24, 2.45) is 0 Å². The van der Waals surface area contributed by atoms with Gasteiger partial charge in [-0.3, -0.25) is 4.79 Å². The van der Waals surface area contributed by atoms with Gasteiger partial charge in [-0.25, -0.2) is 0 Å². The zero-order valence-corrected chi connectivity index (χ0v) is 17.5. The molecule has 0 radical (unpaired) electrons. The number of hydrogen-bond donors (Lipinski definition) is 0. The summed E-state index contributed by atoms with van der Waals surface area (Å²) in [5.41, 5.74) is 1.74. The lowest BCUT2D eigenvalue weighted by atomic mass is 10.0. The number of methoxy groups -OCH3 is 1. The molecule has 0 spiro atoms. The Balaban J connectivity index is 2.81. The minimum atomic E-state index is -1.78. The summed E-state index contributed by atoms with van der Waals surface area (Å²) in [5.74, 6) is 0.824. The van der Waals surface area contributed by atoms with E-state index in [4.69, 9.17) is 9.16 Å². The molecule has 0 bridgehead atoms. The Labute approximate surface area is 148 Å². The van der Waals surface area contributed by atoms with Gasteiger partial charge in [0, 0.05) is 6.42 Å². The molecule has 0 N–H and O–H groups in total. The van der Waals surface area contributed by atoms with Crippen LogP contribution in [-0.4, -0.2) is 21.2 Å². The van der Waals surface area contributed by atoms with Gasteiger partial charge in [0.15, 0.2) is 14.1 Å². The Kier molecular flexibility index (Phi) is 7.68. The Morgan fingerprint density at radius 1 is 1.17 bits per heavy atom. The van der Waals surface area contributed by atoms with Gasteiger partial charge in [-0.05, 0) is 42.2 Å². The zero-order valence-electron chi connectivity index (χ0n) is 16.5. The van der Waals surface area contributed by atoms with Crippen LogP contribution in [0.15, 0.2) is 18.2 Å². The molecule has 0 saturated heterocycles. The largest absolute Gasteiger partial charge is 0.496 e. The minimum Gasteiger partial charge on any atom is -0.496 e. The maximum absolute atomic E-state index is 12.4. The lowest BCUT2D eigenvalue weighted by Crippen LogP contribution is -2.40. The molecule has 4 heteroatoms. The highest BCUT2D eigenvalue weighted by molar-refractivity contribution is 6.74. The lowest BCUT2D eigenvalue weighted by Gasteiger charge is -2.36. The van der Waals surface area contributed by atoms with Crippen LogP contribution in [0.5, 0.6) is 5.75 Å². The molecule has 0 atom stereocenters. The number of carbonyl (C=O) groups excluding carboxylic acids is 1. The second-order valence-electron chi connectivity index (χ2n) is 7.96. The Morgan fingerprint density at radius 3 is 2.38 bits per heavy atom. The van der Waals surface area contributed by atoms with Crippen molar-refractivity contribution in [3.63, 3.8) is 0 Å². The topological polar surface area (TPSA) is 35.5 Å². The first kappa shape index (κ1) is 20.9. The van der Waals surface area contributed by atoms with Crippen molar-refractivity contribution >= 4 is 14.1 Å². The monoisotopic (exact) mass is 350 g/mol. The molecule has 1 rings (SSSR count). The summed E-state index contributed by atoms with van der Waals surface area (Å²) in [5, 5.41) is 0.187. The lowest BCUT2D eigenvalue weighted by molar-refractivity contribution is 0.0976. The summed E-state index contributed by atoms with van der Waals surface area (Å²) in [4.78, 5) is 12.4. The van der Waals surface area contributed by atoms with E-state index in [1.54, 1.807) is 7.11 Å².